The highest BCUT2D eigenvalue weighted by atomic mass is 35.5. The highest BCUT2D eigenvalue weighted by Gasteiger charge is 2.25. The maximum Gasteiger partial charge on any atom is 0.345 e. The fourth-order valence-corrected chi connectivity index (χ4v) is 1.60. The van der Waals surface area contributed by atoms with Crippen molar-refractivity contribution >= 4 is 23.4 Å². The molecule has 0 aliphatic carbocycles. The van der Waals surface area contributed by atoms with Gasteiger partial charge < -0.3 is 14.2 Å². The van der Waals surface area contributed by atoms with Crippen LogP contribution < -0.4 is 4.74 Å². The second-order valence-electron chi connectivity index (χ2n) is 3.55. The minimum atomic E-state index is -0.908. The Bertz CT molecular complexity index is 568. The molecule has 0 fully saturated rings. The van der Waals surface area contributed by atoms with Crippen LogP contribution in [0.25, 0.3) is 0 Å². The van der Waals surface area contributed by atoms with E-state index in [1.165, 1.54) is 14.2 Å². The second-order valence-corrected chi connectivity index (χ2v) is 3.96. The van der Waals surface area contributed by atoms with Crippen molar-refractivity contribution in [3.05, 3.63) is 40.4 Å². The fourth-order valence-electron chi connectivity index (χ4n) is 1.44. The van der Waals surface area contributed by atoms with E-state index in [-0.39, 0.29) is 16.3 Å². The van der Waals surface area contributed by atoms with E-state index < -0.39 is 23.1 Å². The number of ketones is 1. The molecule has 5 nitrogen and oxygen atoms in total. The molecule has 0 aliphatic heterocycles. The minimum Gasteiger partial charge on any atom is -0.503 e. The van der Waals surface area contributed by atoms with E-state index in [1.807, 2.05) is 0 Å². The molecule has 1 rings (SSSR count). The van der Waals surface area contributed by atoms with Crippen LogP contribution in [0.2, 0.25) is 5.02 Å². The van der Waals surface area contributed by atoms with E-state index in [0.717, 1.165) is 25.5 Å². The molecule has 0 N–H and O–H groups in total. The summed E-state index contributed by atoms with van der Waals surface area (Å²) in [4.78, 5) is 23.8. The molecule has 0 spiro atoms. The summed E-state index contributed by atoms with van der Waals surface area (Å²) in [5, 5.41) is -0.200. The van der Waals surface area contributed by atoms with E-state index in [9.17, 15) is 14.0 Å². The maximum absolute atomic E-state index is 13.5. The molecule has 0 saturated heterocycles. The van der Waals surface area contributed by atoms with Crippen molar-refractivity contribution in [3.8, 4) is 5.75 Å². The molecule has 0 aromatic heterocycles. The number of rotatable bonds is 5. The molecular formula is C13H12ClFO5. The lowest BCUT2D eigenvalue weighted by atomic mass is 10.0. The Hall–Kier alpha value is -2.08. The van der Waals surface area contributed by atoms with Gasteiger partial charge in [0.25, 0.3) is 0 Å². The van der Waals surface area contributed by atoms with Crippen LogP contribution in [0.1, 0.15) is 10.4 Å². The molecule has 20 heavy (non-hydrogen) atoms. The monoisotopic (exact) mass is 302 g/mol. The average molecular weight is 303 g/mol. The summed E-state index contributed by atoms with van der Waals surface area (Å²) in [6.45, 7) is 0. The van der Waals surface area contributed by atoms with E-state index in [4.69, 9.17) is 16.3 Å². The van der Waals surface area contributed by atoms with Gasteiger partial charge in [0.05, 0.1) is 31.9 Å². The highest BCUT2D eigenvalue weighted by Crippen LogP contribution is 2.28. The van der Waals surface area contributed by atoms with Gasteiger partial charge in [-0.25, -0.2) is 9.18 Å². The first-order valence-electron chi connectivity index (χ1n) is 5.35. The summed E-state index contributed by atoms with van der Waals surface area (Å²) in [6, 6.07) is 2.03. The smallest absolute Gasteiger partial charge is 0.345 e. The zero-order valence-corrected chi connectivity index (χ0v) is 11.8. The third-order valence-electron chi connectivity index (χ3n) is 2.37. The number of carbonyl (C=O) groups excluding carboxylic acids is 2. The van der Waals surface area contributed by atoms with E-state index in [2.05, 4.69) is 9.47 Å². The standard InChI is InChI=1S/C13H12ClFO5/c1-18-6-8(13(17)20-3)12(16)7-4-10(15)9(14)5-11(7)19-2/h4-6H,1-3H3. The number of ether oxygens (including phenoxy) is 3. The van der Waals surface area contributed by atoms with E-state index in [1.54, 1.807) is 0 Å². The predicted octanol–water partition coefficient (Wildman–Crippen LogP) is 2.37. The number of carbonyl (C=O) groups is 2. The molecule has 0 bridgehead atoms. The molecule has 108 valence electrons. The van der Waals surface area contributed by atoms with Crippen LogP contribution in [0.5, 0.6) is 5.75 Å². The largest absolute Gasteiger partial charge is 0.503 e. The third-order valence-corrected chi connectivity index (χ3v) is 2.66. The SMILES string of the molecule is COC=C(C(=O)OC)C(=O)c1cc(F)c(Cl)cc1OC. The molecule has 0 unspecified atom stereocenters. The number of halogens is 2. The Morgan fingerprint density at radius 2 is 1.90 bits per heavy atom. The third kappa shape index (κ3) is 3.27. The van der Waals surface area contributed by atoms with Crippen molar-refractivity contribution in [2.24, 2.45) is 0 Å². The summed E-state index contributed by atoms with van der Waals surface area (Å²) in [7, 11) is 3.66. The lowest BCUT2D eigenvalue weighted by molar-refractivity contribution is -0.135. The maximum atomic E-state index is 13.5. The fraction of sp³-hybridized carbons (Fsp3) is 0.231. The second kappa shape index (κ2) is 6.91. The Balaban J connectivity index is 3.35. The first-order valence-corrected chi connectivity index (χ1v) is 5.73. The topological polar surface area (TPSA) is 61.8 Å². The van der Waals surface area contributed by atoms with Crippen molar-refractivity contribution in [2.75, 3.05) is 21.3 Å². The molecule has 1 aromatic carbocycles. The van der Waals surface area contributed by atoms with Crippen LogP contribution >= 0.6 is 11.6 Å². The Morgan fingerprint density at radius 1 is 1.25 bits per heavy atom. The van der Waals surface area contributed by atoms with Gasteiger partial charge in [-0.1, -0.05) is 11.6 Å². The molecule has 0 heterocycles. The summed E-state index contributed by atoms with van der Waals surface area (Å²) >= 11 is 5.60. The number of hydrogen-bond donors (Lipinski definition) is 0. The van der Waals surface area contributed by atoms with Gasteiger partial charge in [-0.2, -0.15) is 0 Å². The number of benzene rings is 1. The first kappa shape index (κ1) is 16.0. The van der Waals surface area contributed by atoms with Crippen LogP contribution in [-0.2, 0) is 14.3 Å². The zero-order chi connectivity index (χ0) is 15.3. The lowest BCUT2D eigenvalue weighted by Gasteiger charge is -2.10. The van der Waals surface area contributed by atoms with Crippen molar-refractivity contribution in [1.82, 2.24) is 0 Å². The Kier molecular flexibility index (Phi) is 5.52. The van der Waals surface area contributed by atoms with Gasteiger partial charge in [-0.15, -0.1) is 0 Å². The van der Waals surface area contributed by atoms with Crippen LogP contribution in [0, 0.1) is 5.82 Å². The average Bonchev–Trinajstić information content (AvgIpc) is 2.45. The van der Waals surface area contributed by atoms with E-state index >= 15 is 0 Å². The van der Waals surface area contributed by atoms with Crippen LogP contribution in [0.3, 0.4) is 0 Å². The van der Waals surface area contributed by atoms with Gasteiger partial charge in [0.1, 0.15) is 23.4 Å². The number of methoxy groups -OCH3 is 3. The molecule has 0 aliphatic rings. The predicted molar refractivity (Wildman–Crippen MR) is 69.4 cm³/mol. The Morgan fingerprint density at radius 3 is 2.40 bits per heavy atom. The van der Waals surface area contributed by atoms with Gasteiger partial charge in [0.2, 0.25) is 5.78 Å². The van der Waals surface area contributed by atoms with Crippen molar-refractivity contribution in [3.63, 3.8) is 0 Å². The Labute approximate surface area is 119 Å². The molecule has 1 aromatic rings. The molecule has 0 radical (unpaired) electrons. The normalized spacial score (nSPS) is 10.9. The zero-order valence-electron chi connectivity index (χ0n) is 11.0. The minimum absolute atomic E-state index is 0.0345. The van der Waals surface area contributed by atoms with Crippen molar-refractivity contribution in [2.45, 2.75) is 0 Å². The molecular weight excluding hydrogens is 291 g/mol. The lowest BCUT2D eigenvalue weighted by Crippen LogP contribution is -2.16. The first-order chi connectivity index (χ1) is 9.46. The van der Waals surface area contributed by atoms with Crippen LogP contribution in [0.15, 0.2) is 24.0 Å². The number of Topliss-reactive ketones (excluding diaryl/α,β-unsaturated/α-hetero) is 1. The van der Waals surface area contributed by atoms with Gasteiger partial charge in [-0.05, 0) is 6.07 Å². The summed E-state index contributed by atoms with van der Waals surface area (Å²) in [5.41, 5.74) is -0.557. The van der Waals surface area contributed by atoms with Gasteiger partial charge in [-0.3, -0.25) is 4.79 Å². The summed E-state index contributed by atoms with van der Waals surface area (Å²) in [5.74, 6) is -2.48. The van der Waals surface area contributed by atoms with Crippen molar-refractivity contribution in [1.29, 1.82) is 0 Å². The number of esters is 1. The van der Waals surface area contributed by atoms with Crippen molar-refractivity contribution < 1.29 is 28.2 Å². The summed E-state index contributed by atoms with van der Waals surface area (Å²) in [6.07, 6.45) is 0.917. The molecule has 7 heteroatoms. The molecule has 0 saturated carbocycles. The summed E-state index contributed by atoms with van der Waals surface area (Å²) < 4.78 is 27.6. The van der Waals surface area contributed by atoms with Gasteiger partial charge in [0.15, 0.2) is 0 Å². The molecule has 0 atom stereocenters. The quantitative estimate of drug-likeness (QED) is 0.209. The molecule has 0 amide bonds. The highest BCUT2D eigenvalue weighted by molar-refractivity contribution is 6.31. The van der Waals surface area contributed by atoms with Crippen LogP contribution in [0.4, 0.5) is 4.39 Å². The van der Waals surface area contributed by atoms with Gasteiger partial charge >= 0.3 is 5.97 Å². The van der Waals surface area contributed by atoms with E-state index in [0.29, 0.717) is 0 Å². The number of hydrogen-bond acceptors (Lipinski definition) is 5. The van der Waals surface area contributed by atoms with Crippen LogP contribution in [-0.4, -0.2) is 33.1 Å². The van der Waals surface area contributed by atoms with Gasteiger partial charge in [0, 0.05) is 6.07 Å².